The van der Waals surface area contributed by atoms with Crippen molar-refractivity contribution < 1.29 is 19.6 Å². The number of aliphatic hydroxyl groups excluding tert-OH is 1. The topological polar surface area (TPSA) is 92.9 Å². The molecule has 104 valence electrons. The Balaban J connectivity index is 3.18. The van der Waals surface area contributed by atoms with Crippen LogP contribution in [0.25, 0.3) is 0 Å². The number of hydrogen-bond donors (Lipinski definition) is 1. The zero-order valence-electron chi connectivity index (χ0n) is 10.8. The number of aliphatic hydroxyl groups is 1. The quantitative estimate of drug-likeness (QED) is 0.615. The van der Waals surface area contributed by atoms with E-state index in [9.17, 15) is 14.9 Å². The van der Waals surface area contributed by atoms with Gasteiger partial charge in [0.05, 0.1) is 24.2 Å². The Morgan fingerprint density at radius 2 is 2.21 bits per heavy atom. The summed E-state index contributed by atoms with van der Waals surface area (Å²) in [6, 6.07) is 3.84. The molecule has 0 bridgehead atoms. The van der Waals surface area contributed by atoms with E-state index >= 15 is 0 Å². The molecule has 0 saturated carbocycles. The summed E-state index contributed by atoms with van der Waals surface area (Å²) in [7, 11) is 1.39. The van der Waals surface area contributed by atoms with Gasteiger partial charge in [0.1, 0.15) is 5.75 Å². The number of carbonyl (C=O) groups excluding carboxylic acids is 1. The molecule has 0 spiro atoms. The lowest BCUT2D eigenvalue weighted by atomic mass is 10.1. The lowest BCUT2D eigenvalue weighted by Gasteiger charge is -2.20. The maximum Gasteiger partial charge on any atom is 0.270 e. The number of rotatable bonds is 6. The second kappa shape index (κ2) is 6.69. The third-order valence-corrected chi connectivity index (χ3v) is 2.66. The number of benzene rings is 1. The molecule has 0 fully saturated rings. The summed E-state index contributed by atoms with van der Waals surface area (Å²) in [5.41, 5.74) is -0.0591. The Hall–Kier alpha value is -2.15. The number of hydrogen-bond acceptors (Lipinski definition) is 5. The fraction of sp³-hybridized carbons (Fsp3) is 0.417. The first-order valence-corrected chi connectivity index (χ1v) is 5.77. The normalized spacial score (nSPS) is 10.1. The molecular weight excluding hydrogens is 252 g/mol. The summed E-state index contributed by atoms with van der Waals surface area (Å²) in [5.74, 6) is -0.135. The SMILES string of the molecule is CCN(CCO)C(=O)c1cc([N+](=O)[O-])ccc1OC. The number of methoxy groups -OCH3 is 1. The van der Waals surface area contributed by atoms with E-state index in [4.69, 9.17) is 9.84 Å². The molecule has 0 aliphatic rings. The van der Waals surface area contributed by atoms with Crippen molar-refractivity contribution in [1.82, 2.24) is 4.90 Å². The van der Waals surface area contributed by atoms with Crippen LogP contribution in [-0.2, 0) is 0 Å². The molecule has 0 aliphatic carbocycles. The van der Waals surface area contributed by atoms with E-state index in [0.717, 1.165) is 0 Å². The Morgan fingerprint density at radius 3 is 2.68 bits per heavy atom. The highest BCUT2D eigenvalue weighted by Crippen LogP contribution is 2.25. The Morgan fingerprint density at radius 1 is 1.53 bits per heavy atom. The van der Waals surface area contributed by atoms with Gasteiger partial charge in [0.2, 0.25) is 0 Å². The van der Waals surface area contributed by atoms with Crippen LogP contribution < -0.4 is 4.74 Å². The van der Waals surface area contributed by atoms with E-state index in [1.807, 2.05) is 0 Å². The average molecular weight is 268 g/mol. The highest BCUT2D eigenvalue weighted by Gasteiger charge is 2.21. The van der Waals surface area contributed by atoms with Crippen LogP contribution in [0, 0.1) is 10.1 Å². The van der Waals surface area contributed by atoms with Crippen molar-refractivity contribution in [1.29, 1.82) is 0 Å². The molecule has 0 unspecified atom stereocenters. The number of carbonyl (C=O) groups is 1. The Bertz CT molecular complexity index is 475. The summed E-state index contributed by atoms with van der Waals surface area (Å²) < 4.78 is 5.04. The summed E-state index contributed by atoms with van der Waals surface area (Å²) >= 11 is 0. The van der Waals surface area contributed by atoms with Gasteiger partial charge in [-0.1, -0.05) is 0 Å². The van der Waals surface area contributed by atoms with Gasteiger partial charge in [0, 0.05) is 25.2 Å². The van der Waals surface area contributed by atoms with Crippen molar-refractivity contribution in [2.75, 3.05) is 26.8 Å². The number of nitrogens with zero attached hydrogens (tertiary/aromatic N) is 2. The second-order valence-electron chi connectivity index (χ2n) is 3.75. The fourth-order valence-electron chi connectivity index (χ4n) is 1.67. The van der Waals surface area contributed by atoms with Crippen molar-refractivity contribution in [2.45, 2.75) is 6.92 Å². The fourth-order valence-corrected chi connectivity index (χ4v) is 1.67. The second-order valence-corrected chi connectivity index (χ2v) is 3.75. The molecule has 7 heteroatoms. The molecule has 0 aromatic heterocycles. The molecule has 0 heterocycles. The Labute approximate surface area is 110 Å². The van der Waals surface area contributed by atoms with Crippen LogP contribution >= 0.6 is 0 Å². The molecule has 1 rings (SSSR count). The summed E-state index contributed by atoms with van der Waals surface area (Å²) in [6.07, 6.45) is 0. The third-order valence-electron chi connectivity index (χ3n) is 2.66. The molecule has 1 N–H and O–H groups in total. The first-order chi connectivity index (χ1) is 9.04. The average Bonchev–Trinajstić information content (AvgIpc) is 2.43. The molecule has 1 aromatic carbocycles. The van der Waals surface area contributed by atoms with Crippen LogP contribution in [0.3, 0.4) is 0 Å². The minimum Gasteiger partial charge on any atom is -0.496 e. The van der Waals surface area contributed by atoms with Gasteiger partial charge in [0.15, 0.2) is 0 Å². The first-order valence-electron chi connectivity index (χ1n) is 5.77. The summed E-state index contributed by atoms with van der Waals surface area (Å²) in [4.78, 5) is 23.8. The number of ether oxygens (including phenoxy) is 1. The van der Waals surface area contributed by atoms with Gasteiger partial charge in [-0.2, -0.15) is 0 Å². The predicted molar refractivity (Wildman–Crippen MR) is 68.3 cm³/mol. The maximum atomic E-state index is 12.2. The molecular formula is C12H16N2O5. The molecule has 0 saturated heterocycles. The molecule has 1 aromatic rings. The van der Waals surface area contributed by atoms with E-state index in [-0.39, 0.29) is 30.2 Å². The minimum atomic E-state index is -0.571. The smallest absolute Gasteiger partial charge is 0.270 e. The van der Waals surface area contributed by atoms with Crippen LogP contribution in [0.2, 0.25) is 0 Å². The maximum absolute atomic E-state index is 12.2. The lowest BCUT2D eigenvalue weighted by molar-refractivity contribution is -0.384. The lowest BCUT2D eigenvalue weighted by Crippen LogP contribution is -2.33. The highest BCUT2D eigenvalue weighted by atomic mass is 16.6. The third kappa shape index (κ3) is 3.41. The van der Waals surface area contributed by atoms with Crippen LogP contribution in [0.1, 0.15) is 17.3 Å². The zero-order valence-corrected chi connectivity index (χ0v) is 10.8. The van der Waals surface area contributed by atoms with E-state index in [1.54, 1.807) is 6.92 Å². The molecule has 1 amide bonds. The van der Waals surface area contributed by atoms with E-state index in [2.05, 4.69) is 0 Å². The van der Waals surface area contributed by atoms with Gasteiger partial charge in [-0.15, -0.1) is 0 Å². The molecule has 19 heavy (non-hydrogen) atoms. The van der Waals surface area contributed by atoms with Crippen molar-refractivity contribution in [3.8, 4) is 5.75 Å². The molecule has 0 atom stereocenters. The largest absolute Gasteiger partial charge is 0.496 e. The van der Waals surface area contributed by atoms with E-state index in [1.165, 1.54) is 30.2 Å². The molecule has 7 nitrogen and oxygen atoms in total. The van der Waals surface area contributed by atoms with Gasteiger partial charge in [-0.05, 0) is 13.0 Å². The number of likely N-dealkylation sites (N-methyl/N-ethyl adjacent to an activating group) is 1. The van der Waals surface area contributed by atoms with Gasteiger partial charge >= 0.3 is 0 Å². The van der Waals surface area contributed by atoms with Gasteiger partial charge in [-0.25, -0.2) is 0 Å². The first kappa shape index (κ1) is 14.9. The monoisotopic (exact) mass is 268 g/mol. The number of nitro benzene ring substituents is 1. The zero-order chi connectivity index (χ0) is 14.4. The highest BCUT2D eigenvalue weighted by molar-refractivity contribution is 5.97. The van der Waals surface area contributed by atoms with E-state index < -0.39 is 10.8 Å². The molecule has 0 radical (unpaired) electrons. The van der Waals surface area contributed by atoms with Crippen LogP contribution in [0.4, 0.5) is 5.69 Å². The van der Waals surface area contributed by atoms with Gasteiger partial charge in [0.25, 0.3) is 11.6 Å². The van der Waals surface area contributed by atoms with Crippen molar-refractivity contribution >= 4 is 11.6 Å². The summed E-state index contributed by atoms with van der Waals surface area (Å²) in [5, 5.41) is 19.6. The van der Waals surface area contributed by atoms with Crippen molar-refractivity contribution in [3.05, 3.63) is 33.9 Å². The minimum absolute atomic E-state index is 0.118. The van der Waals surface area contributed by atoms with Crippen molar-refractivity contribution in [2.24, 2.45) is 0 Å². The van der Waals surface area contributed by atoms with E-state index in [0.29, 0.717) is 6.54 Å². The van der Waals surface area contributed by atoms with Crippen molar-refractivity contribution in [3.63, 3.8) is 0 Å². The summed E-state index contributed by atoms with van der Waals surface area (Å²) in [6.45, 7) is 2.15. The standard InChI is InChI=1S/C12H16N2O5/c1-3-13(6-7-15)12(16)10-8-9(14(17)18)4-5-11(10)19-2/h4-5,8,15H,3,6-7H2,1-2H3. The number of nitro groups is 1. The van der Waals surface area contributed by atoms with Crippen LogP contribution in [-0.4, -0.2) is 47.6 Å². The number of non-ortho nitro benzene ring substituents is 1. The Kier molecular flexibility index (Phi) is 5.25. The van der Waals surface area contributed by atoms with Gasteiger partial charge < -0.3 is 14.7 Å². The molecule has 0 aliphatic heterocycles. The number of amides is 1. The van der Waals surface area contributed by atoms with Crippen LogP contribution in [0.5, 0.6) is 5.75 Å². The predicted octanol–water partition coefficient (Wildman–Crippen LogP) is 1.06. The van der Waals surface area contributed by atoms with Crippen LogP contribution in [0.15, 0.2) is 18.2 Å². The van der Waals surface area contributed by atoms with Gasteiger partial charge in [-0.3, -0.25) is 14.9 Å².